The van der Waals surface area contributed by atoms with Crippen molar-refractivity contribution in [3.63, 3.8) is 0 Å². The Balaban J connectivity index is 1.36. The number of amides is 1. The molecule has 3 aliphatic heterocycles. The summed E-state index contributed by atoms with van der Waals surface area (Å²) in [5.74, 6) is 1.39. The van der Waals surface area contributed by atoms with Crippen LogP contribution in [-0.2, 0) is 11.2 Å². The van der Waals surface area contributed by atoms with E-state index in [4.69, 9.17) is 9.47 Å². The normalized spacial score (nSPS) is 27.6. The van der Waals surface area contributed by atoms with Crippen LogP contribution in [-0.4, -0.2) is 43.8 Å². The molecule has 0 saturated carbocycles. The van der Waals surface area contributed by atoms with Gasteiger partial charge in [0.2, 0.25) is 0 Å². The minimum Gasteiger partial charge on any atom is -0.496 e. The molecule has 0 aromatic heterocycles. The summed E-state index contributed by atoms with van der Waals surface area (Å²) in [6.07, 6.45) is 2.94. The number of hydrogen-bond donors (Lipinski definition) is 1. The third-order valence-electron chi connectivity index (χ3n) is 7.66. The van der Waals surface area contributed by atoms with Gasteiger partial charge in [-0.05, 0) is 79.4 Å². The molecule has 0 spiro atoms. The fourth-order valence-corrected chi connectivity index (χ4v) is 5.88. The maximum Gasteiger partial charge on any atom is 0.407 e. The molecule has 3 heterocycles. The van der Waals surface area contributed by atoms with Crippen molar-refractivity contribution < 1.29 is 14.3 Å². The van der Waals surface area contributed by atoms with E-state index in [1.807, 2.05) is 6.07 Å². The number of nitrogens with zero attached hydrogens (tertiary/aromatic N) is 1. The molecule has 1 unspecified atom stereocenters. The van der Waals surface area contributed by atoms with E-state index in [0.29, 0.717) is 5.92 Å². The third kappa shape index (κ3) is 3.88. The quantitative estimate of drug-likeness (QED) is 0.726. The summed E-state index contributed by atoms with van der Waals surface area (Å²) in [6.45, 7) is 9.70. The minimum absolute atomic E-state index is 0.0256. The molecule has 5 heteroatoms. The van der Waals surface area contributed by atoms with E-state index >= 15 is 0 Å². The van der Waals surface area contributed by atoms with Crippen molar-refractivity contribution in [1.29, 1.82) is 0 Å². The van der Waals surface area contributed by atoms with Gasteiger partial charge in [0.1, 0.15) is 11.9 Å². The number of fused-ring (bicyclic) bond motifs is 4. The Kier molecular flexibility index (Phi) is 5.40. The van der Waals surface area contributed by atoms with Gasteiger partial charge in [-0.2, -0.15) is 0 Å². The number of alkyl carbamates (subject to hydrolysis) is 1. The van der Waals surface area contributed by atoms with E-state index in [9.17, 15) is 4.79 Å². The van der Waals surface area contributed by atoms with Crippen molar-refractivity contribution in [2.45, 2.75) is 52.2 Å². The van der Waals surface area contributed by atoms with E-state index in [-0.39, 0.29) is 23.7 Å². The minimum atomic E-state index is -0.279. The second-order valence-electron chi connectivity index (χ2n) is 10.4. The largest absolute Gasteiger partial charge is 0.496 e. The molecule has 0 radical (unpaired) electrons. The van der Waals surface area contributed by atoms with E-state index in [2.05, 4.69) is 61.3 Å². The van der Waals surface area contributed by atoms with Gasteiger partial charge in [0.05, 0.1) is 13.2 Å². The summed E-state index contributed by atoms with van der Waals surface area (Å²) in [7, 11) is 1.71. The molecule has 2 aromatic carbocycles. The molecule has 2 bridgehead atoms. The Morgan fingerprint density at radius 1 is 1.12 bits per heavy atom. The molecule has 1 aliphatic carbocycles. The average molecular weight is 435 g/mol. The molecule has 1 amide bonds. The molecule has 2 atom stereocenters. The van der Waals surface area contributed by atoms with Crippen LogP contribution < -0.4 is 10.1 Å². The van der Waals surface area contributed by atoms with Gasteiger partial charge in [-0.3, -0.25) is 4.90 Å². The highest BCUT2D eigenvalue weighted by atomic mass is 16.6. The van der Waals surface area contributed by atoms with Gasteiger partial charge in [0.25, 0.3) is 0 Å². The first-order valence-electron chi connectivity index (χ1n) is 11.8. The van der Waals surface area contributed by atoms with Crippen molar-refractivity contribution in [2.24, 2.45) is 11.3 Å². The smallest absolute Gasteiger partial charge is 0.407 e. The van der Waals surface area contributed by atoms with Gasteiger partial charge in [0, 0.05) is 12.1 Å². The van der Waals surface area contributed by atoms with Crippen LogP contribution in [0.2, 0.25) is 0 Å². The molecule has 6 rings (SSSR count). The Hall–Kier alpha value is -2.53. The molecule has 32 heavy (non-hydrogen) atoms. The van der Waals surface area contributed by atoms with Crippen LogP contribution in [0.25, 0.3) is 11.1 Å². The van der Waals surface area contributed by atoms with Gasteiger partial charge < -0.3 is 14.8 Å². The van der Waals surface area contributed by atoms with E-state index < -0.39 is 0 Å². The first-order valence-corrected chi connectivity index (χ1v) is 11.8. The molecular formula is C27H34N2O3. The van der Waals surface area contributed by atoms with Gasteiger partial charge >= 0.3 is 6.09 Å². The van der Waals surface area contributed by atoms with Crippen LogP contribution in [0.5, 0.6) is 5.75 Å². The standard InChI is InChI=1S/C27H34N2O3/c1-17-5-8-23(31-4)22(13-17)19-6-7-21-20(14-19)15-27(2,3)25(21)28-26(30)32-24-16-29-11-9-18(24)10-12-29/h5-8,13-14,18,24-25H,9-12,15-16H2,1-4H3,(H,28,30)/t24-,25?/m1/s1. The van der Waals surface area contributed by atoms with Crippen LogP contribution in [0.3, 0.4) is 0 Å². The summed E-state index contributed by atoms with van der Waals surface area (Å²) in [5.41, 5.74) is 5.85. The SMILES string of the molecule is COc1ccc(C)cc1-c1ccc2c(c1)CC(C)(C)C2NC(=O)O[C@@H]1CN2CCC1CC2. The second-order valence-corrected chi connectivity index (χ2v) is 10.4. The van der Waals surface area contributed by atoms with Crippen LogP contribution in [0.4, 0.5) is 4.79 Å². The summed E-state index contributed by atoms with van der Waals surface area (Å²) >= 11 is 0. The number of piperidine rings is 3. The highest BCUT2D eigenvalue weighted by Gasteiger charge is 2.42. The lowest BCUT2D eigenvalue weighted by molar-refractivity contribution is -0.0348. The van der Waals surface area contributed by atoms with Crippen molar-refractivity contribution in [3.05, 3.63) is 53.1 Å². The number of methoxy groups -OCH3 is 1. The first-order chi connectivity index (χ1) is 15.3. The van der Waals surface area contributed by atoms with Crippen LogP contribution in [0.1, 0.15) is 49.4 Å². The molecule has 170 valence electrons. The Morgan fingerprint density at radius 2 is 1.91 bits per heavy atom. The number of nitrogens with one attached hydrogen (secondary N) is 1. The van der Waals surface area contributed by atoms with Crippen molar-refractivity contribution in [3.8, 4) is 16.9 Å². The number of carbonyl (C=O) groups is 1. The Labute approximate surface area is 191 Å². The van der Waals surface area contributed by atoms with Gasteiger partial charge in [-0.25, -0.2) is 4.79 Å². The predicted molar refractivity (Wildman–Crippen MR) is 126 cm³/mol. The lowest BCUT2D eigenvalue weighted by Gasteiger charge is -2.44. The fraction of sp³-hybridized carbons (Fsp3) is 0.519. The summed E-state index contributed by atoms with van der Waals surface area (Å²) in [5, 5.41) is 3.22. The highest BCUT2D eigenvalue weighted by molar-refractivity contribution is 5.73. The molecule has 3 saturated heterocycles. The van der Waals surface area contributed by atoms with Crippen molar-refractivity contribution in [2.75, 3.05) is 26.7 Å². The summed E-state index contributed by atoms with van der Waals surface area (Å²) < 4.78 is 11.5. The molecule has 4 aliphatic rings. The predicted octanol–water partition coefficient (Wildman–Crippen LogP) is 5.11. The number of benzene rings is 2. The van der Waals surface area contributed by atoms with Gasteiger partial charge in [-0.15, -0.1) is 0 Å². The monoisotopic (exact) mass is 434 g/mol. The molecule has 1 N–H and O–H groups in total. The van der Waals surface area contributed by atoms with E-state index in [0.717, 1.165) is 55.8 Å². The maximum absolute atomic E-state index is 12.9. The molecular weight excluding hydrogens is 400 g/mol. The second kappa shape index (κ2) is 8.11. The van der Waals surface area contributed by atoms with Gasteiger partial charge in [0.15, 0.2) is 0 Å². The number of hydrogen-bond acceptors (Lipinski definition) is 4. The van der Waals surface area contributed by atoms with Crippen LogP contribution in [0, 0.1) is 18.3 Å². The third-order valence-corrected chi connectivity index (χ3v) is 7.66. The van der Waals surface area contributed by atoms with Gasteiger partial charge in [-0.1, -0.05) is 43.7 Å². The summed E-state index contributed by atoms with van der Waals surface area (Å²) in [6, 6.07) is 12.8. The number of aryl methyl sites for hydroxylation is 1. The summed E-state index contributed by atoms with van der Waals surface area (Å²) in [4.78, 5) is 15.3. The fourth-order valence-electron chi connectivity index (χ4n) is 5.88. The van der Waals surface area contributed by atoms with E-state index in [1.54, 1.807) is 7.11 Å². The van der Waals surface area contributed by atoms with Crippen molar-refractivity contribution in [1.82, 2.24) is 10.2 Å². The number of carbonyl (C=O) groups excluding carboxylic acids is 1. The number of rotatable bonds is 4. The zero-order valence-electron chi connectivity index (χ0n) is 19.6. The Morgan fingerprint density at radius 3 is 2.59 bits per heavy atom. The average Bonchev–Trinajstić information content (AvgIpc) is 3.03. The zero-order chi connectivity index (χ0) is 22.5. The lowest BCUT2D eigenvalue weighted by atomic mass is 9.85. The topological polar surface area (TPSA) is 50.8 Å². The van der Waals surface area contributed by atoms with Crippen LogP contribution >= 0.6 is 0 Å². The zero-order valence-corrected chi connectivity index (χ0v) is 19.6. The maximum atomic E-state index is 12.9. The molecule has 3 fully saturated rings. The highest BCUT2D eigenvalue weighted by Crippen LogP contribution is 2.47. The molecule has 5 nitrogen and oxygen atoms in total. The molecule has 2 aromatic rings. The van der Waals surface area contributed by atoms with Crippen molar-refractivity contribution >= 4 is 6.09 Å². The van der Waals surface area contributed by atoms with E-state index in [1.165, 1.54) is 16.7 Å². The lowest BCUT2D eigenvalue weighted by Crippen LogP contribution is -2.53. The first kappa shape index (κ1) is 21.3. The Bertz CT molecular complexity index is 1020. The van der Waals surface area contributed by atoms with Crippen LogP contribution in [0.15, 0.2) is 36.4 Å². The number of ether oxygens (including phenoxy) is 2.